The number of hydrogen-bond donors (Lipinski definition) is 2. The molecule has 2 N–H and O–H groups in total. The van der Waals surface area contributed by atoms with Crippen LogP contribution in [0.15, 0.2) is 78.9 Å². The minimum atomic E-state index is -1.57. The van der Waals surface area contributed by atoms with Gasteiger partial charge in [-0.3, -0.25) is 10.1 Å². The average molecular weight is 611 g/mol. The molecular weight excluding hydrogens is 585 g/mol. The molecule has 0 bridgehead atoms. The topological polar surface area (TPSA) is 91.8 Å². The zero-order valence-corrected chi connectivity index (χ0v) is 24.5. The number of amides is 1. The van der Waals surface area contributed by atoms with Gasteiger partial charge in [-0.15, -0.1) is 0 Å². The number of carbonyl (C=O) groups is 2. The molecule has 1 aromatic heterocycles. The van der Waals surface area contributed by atoms with E-state index in [-0.39, 0.29) is 24.9 Å². The summed E-state index contributed by atoms with van der Waals surface area (Å²) in [4.78, 5) is 32.9. The number of fused-ring (bicyclic) bond motifs is 1. The average Bonchev–Trinajstić information content (AvgIpc) is 3.04. The highest BCUT2D eigenvalue weighted by molar-refractivity contribution is 6.36. The molecule has 0 spiro atoms. The highest BCUT2D eigenvalue weighted by atomic mass is 35.5. The van der Waals surface area contributed by atoms with Crippen LogP contribution in [0, 0.1) is 13.8 Å². The number of rotatable bonds is 7. The number of nitrogens with zero attached hydrogens (tertiary/aromatic N) is 2. The molecule has 0 radical (unpaired) electrons. The summed E-state index contributed by atoms with van der Waals surface area (Å²) in [5, 5.41) is 15.1. The Balaban J connectivity index is 1.76. The minimum absolute atomic E-state index is 0.0513. The van der Waals surface area contributed by atoms with E-state index in [1.807, 2.05) is 19.1 Å². The van der Waals surface area contributed by atoms with Crippen molar-refractivity contribution in [1.29, 1.82) is 0 Å². The standard InChI is InChI=1S/C31H26Cl3N3O4/c1-18-13-19(2)36-27(14-18)41-29(30(39)40)31(20-7-4-3-5-8-20)23-15-21(32)11-12-26(23)37(28(38)16-35-31)17-22-24(33)9-6-10-25(22)34/h3-15,29,35H,16-17H2,1-2H3,(H,39,40)/t29-,31+/m1/s1. The quantitative estimate of drug-likeness (QED) is 0.246. The molecule has 1 aliphatic heterocycles. The van der Waals surface area contributed by atoms with E-state index in [1.165, 1.54) is 4.90 Å². The summed E-state index contributed by atoms with van der Waals surface area (Å²) >= 11 is 19.5. The molecule has 3 aromatic carbocycles. The van der Waals surface area contributed by atoms with Gasteiger partial charge in [0.15, 0.2) is 0 Å². The summed E-state index contributed by atoms with van der Waals surface area (Å²) in [6.07, 6.45) is -1.56. The summed E-state index contributed by atoms with van der Waals surface area (Å²) in [7, 11) is 0. The van der Waals surface area contributed by atoms with Gasteiger partial charge < -0.3 is 14.7 Å². The summed E-state index contributed by atoms with van der Waals surface area (Å²) in [5.74, 6) is -1.44. The molecule has 2 heterocycles. The number of pyridine rings is 1. The number of carbonyl (C=O) groups excluding carboxylic acids is 1. The van der Waals surface area contributed by atoms with Crippen LogP contribution in [0.3, 0.4) is 0 Å². The van der Waals surface area contributed by atoms with E-state index in [2.05, 4.69) is 10.3 Å². The van der Waals surface area contributed by atoms with Crippen LogP contribution >= 0.6 is 34.8 Å². The van der Waals surface area contributed by atoms with E-state index >= 15 is 0 Å². The van der Waals surface area contributed by atoms with Gasteiger partial charge in [0.05, 0.1) is 13.1 Å². The highest BCUT2D eigenvalue weighted by Gasteiger charge is 2.52. The van der Waals surface area contributed by atoms with Crippen LogP contribution in [0.25, 0.3) is 0 Å². The van der Waals surface area contributed by atoms with Crippen molar-refractivity contribution in [2.75, 3.05) is 11.4 Å². The first-order valence-electron chi connectivity index (χ1n) is 12.8. The number of anilines is 1. The molecule has 41 heavy (non-hydrogen) atoms. The molecule has 0 unspecified atom stereocenters. The first kappa shape index (κ1) is 28.9. The zero-order chi connectivity index (χ0) is 29.3. The second kappa shape index (κ2) is 11.7. The summed E-state index contributed by atoms with van der Waals surface area (Å²) < 4.78 is 6.23. The highest BCUT2D eigenvalue weighted by Crippen LogP contribution is 2.44. The number of hydrogen-bond acceptors (Lipinski definition) is 5. The van der Waals surface area contributed by atoms with Crippen molar-refractivity contribution in [3.05, 3.63) is 122 Å². The van der Waals surface area contributed by atoms with E-state index in [0.717, 1.165) is 5.56 Å². The van der Waals surface area contributed by atoms with Gasteiger partial charge in [0, 0.05) is 43.6 Å². The Morgan fingerprint density at radius 2 is 1.73 bits per heavy atom. The summed E-state index contributed by atoms with van der Waals surface area (Å²) in [6.45, 7) is 3.50. The van der Waals surface area contributed by atoms with Crippen LogP contribution in [0.2, 0.25) is 15.1 Å². The second-order valence-corrected chi connectivity index (χ2v) is 11.1. The van der Waals surface area contributed by atoms with Crippen molar-refractivity contribution in [2.45, 2.75) is 32.0 Å². The minimum Gasteiger partial charge on any atom is -0.478 e. The van der Waals surface area contributed by atoms with Crippen molar-refractivity contribution >= 4 is 52.4 Å². The van der Waals surface area contributed by atoms with Gasteiger partial charge >= 0.3 is 5.97 Å². The van der Waals surface area contributed by atoms with Crippen molar-refractivity contribution in [3.63, 3.8) is 0 Å². The Labute approximate surface area is 252 Å². The second-order valence-electron chi connectivity index (χ2n) is 9.83. The Hall–Kier alpha value is -3.62. The number of benzene rings is 3. The Morgan fingerprint density at radius 3 is 2.39 bits per heavy atom. The summed E-state index contributed by atoms with van der Waals surface area (Å²) in [6, 6.07) is 22.7. The van der Waals surface area contributed by atoms with Gasteiger partial charge in [-0.1, -0.05) is 71.2 Å². The number of aryl methyl sites for hydroxylation is 2. The Morgan fingerprint density at radius 1 is 1.02 bits per heavy atom. The lowest BCUT2D eigenvalue weighted by Crippen LogP contribution is -2.58. The molecule has 7 nitrogen and oxygen atoms in total. The van der Waals surface area contributed by atoms with E-state index < -0.39 is 17.6 Å². The molecule has 2 atom stereocenters. The molecular formula is C31H26Cl3N3O4. The van der Waals surface area contributed by atoms with E-state index in [0.29, 0.717) is 43.1 Å². The van der Waals surface area contributed by atoms with Crippen molar-refractivity contribution < 1.29 is 19.4 Å². The maximum absolute atomic E-state index is 13.8. The largest absolute Gasteiger partial charge is 0.478 e. The molecule has 1 aliphatic rings. The Kier molecular flexibility index (Phi) is 8.25. The lowest BCUT2D eigenvalue weighted by molar-refractivity contribution is -0.149. The molecule has 210 valence electrons. The molecule has 0 aliphatic carbocycles. The fourth-order valence-corrected chi connectivity index (χ4v) is 5.96. The third-order valence-corrected chi connectivity index (χ3v) is 7.97. The first-order chi connectivity index (χ1) is 19.6. The number of carboxylic acid groups (broad SMARTS) is 1. The van der Waals surface area contributed by atoms with Crippen molar-refractivity contribution in [2.24, 2.45) is 0 Å². The van der Waals surface area contributed by atoms with Crippen LogP contribution in [-0.4, -0.2) is 34.6 Å². The molecule has 1 amide bonds. The van der Waals surface area contributed by atoms with Gasteiger partial charge in [0.1, 0.15) is 5.54 Å². The van der Waals surface area contributed by atoms with E-state index in [1.54, 1.807) is 73.7 Å². The van der Waals surface area contributed by atoms with Crippen LogP contribution in [0.1, 0.15) is 27.9 Å². The Bertz CT molecular complexity index is 1590. The van der Waals surface area contributed by atoms with Crippen LogP contribution in [-0.2, 0) is 21.7 Å². The van der Waals surface area contributed by atoms with Crippen molar-refractivity contribution in [1.82, 2.24) is 10.3 Å². The third-order valence-electron chi connectivity index (χ3n) is 7.03. The smallest absolute Gasteiger partial charge is 0.347 e. The number of nitrogens with one attached hydrogen (secondary N) is 1. The molecule has 0 saturated heterocycles. The molecule has 5 rings (SSSR count). The maximum Gasteiger partial charge on any atom is 0.347 e. The molecule has 4 aromatic rings. The van der Waals surface area contributed by atoms with Crippen LogP contribution in [0.5, 0.6) is 5.88 Å². The van der Waals surface area contributed by atoms with Gasteiger partial charge in [0.2, 0.25) is 17.9 Å². The monoisotopic (exact) mass is 609 g/mol. The fraction of sp³-hybridized carbons (Fsp3) is 0.194. The number of ether oxygens (including phenoxy) is 1. The lowest BCUT2D eigenvalue weighted by Gasteiger charge is -2.40. The number of aliphatic carboxylic acids is 1. The van der Waals surface area contributed by atoms with Crippen LogP contribution in [0.4, 0.5) is 5.69 Å². The fourth-order valence-electron chi connectivity index (χ4n) is 5.27. The van der Waals surface area contributed by atoms with Gasteiger partial charge in [-0.25, -0.2) is 9.78 Å². The molecule has 0 saturated carbocycles. The van der Waals surface area contributed by atoms with Gasteiger partial charge in [0.25, 0.3) is 0 Å². The van der Waals surface area contributed by atoms with Gasteiger partial charge in [-0.2, -0.15) is 0 Å². The maximum atomic E-state index is 13.8. The number of halogens is 3. The lowest BCUT2D eigenvalue weighted by atomic mass is 9.77. The number of carboxylic acids is 1. The predicted octanol–water partition coefficient (Wildman–Crippen LogP) is 6.57. The molecule has 10 heteroatoms. The SMILES string of the molecule is Cc1cc(C)nc(O[C@H](C(=O)O)[C@@]2(c3ccccc3)NCC(=O)N(Cc3c(Cl)cccc3Cl)c3ccc(Cl)cc32)c1. The van der Waals surface area contributed by atoms with Crippen molar-refractivity contribution in [3.8, 4) is 5.88 Å². The number of aromatic nitrogens is 1. The van der Waals surface area contributed by atoms with E-state index in [9.17, 15) is 14.7 Å². The normalized spacial score (nSPS) is 17.5. The zero-order valence-electron chi connectivity index (χ0n) is 22.2. The van der Waals surface area contributed by atoms with Crippen LogP contribution < -0.4 is 15.0 Å². The molecule has 0 fully saturated rings. The van der Waals surface area contributed by atoms with Gasteiger partial charge in [-0.05, 0) is 61.4 Å². The predicted molar refractivity (Wildman–Crippen MR) is 160 cm³/mol. The van der Waals surface area contributed by atoms with E-state index in [4.69, 9.17) is 39.5 Å². The third kappa shape index (κ3) is 5.63. The summed E-state index contributed by atoms with van der Waals surface area (Å²) in [5.41, 5.74) is 1.96. The first-order valence-corrected chi connectivity index (χ1v) is 13.9.